The average Bonchev–Trinajstić information content (AvgIpc) is 0.838. The number of benzene rings is 3. The molecule has 0 aromatic heterocycles. The van der Waals surface area contributed by atoms with Gasteiger partial charge >= 0.3 is 39.5 Å². The third-order valence-electron chi connectivity index (χ3n) is 18.0. The van der Waals surface area contributed by atoms with Gasteiger partial charge in [0.05, 0.1) is 25.0 Å². The highest BCUT2D eigenvalue weighted by molar-refractivity contribution is 7.46. The van der Waals surface area contributed by atoms with Crippen LogP contribution in [0.2, 0.25) is 0 Å². The summed E-state index contributed by atoms with van der Waals surface area (Å²) in [6.07, 6.45) is -9.18. The van der Waals surface area contributed by atoms with Crippen molar-refractivity contribution < 1.29 is 151 Å². The molecule has 36 N–H and O–H groups in total. The lowest BCUT2D eigenvalue weighted by Crippen LogP contribution is -2.63. The highest BCUT2D eigenvalue weighted by atomic mass is 31.2. The summed E-state index contributed by atoms with van der Waals surface area (Å²) in [7, 11) is -9.80. The quantitative estimate of drug-likeness (QED) is 0.0108. The normalized spacial score (nSPS) is 14.8. The Morgan fingerprint density at radius 3 is 1.09 bits per heavy atom. The van der Waals surface area contributed by atoms with E-state index in [2.05, 4.69) is 73.6 Å². The van der Waals surface area contributed by atoms with Crippen molar-refractivity contribution >= 4 is 116 Å². The number of carbonyl (C=O) groups excluding carboxylic acids is 11. The first-order valence-corrected chi connectivity index (χ1v) is 41.3. The SMILES string of the molecule is CCC(C)[C@H](NC(=O)[C@H](CC(=O)O)NC(=O)[C@H](CCCNC(=N)N)NC(=O)[C@@H](N)[C@@H](C)O)C(=O)N[C@@H](Cc1ccc(OP(=O)(O)O)cc1)C(=O)N[C@@H](CCC(=O)O)C(=O)N[C@H](C(=O)N[C@@H](CC(=O)O)C(=O)N[C@@H](Cc1ccc(O)cc1)C(=O)N[C@@H](Cc1ccc(O)cc1)C(=O)N[C@@H](CCCNC(=N)N)C(=O)N[C@@H](CCCCN)C(=O)O)[C@@H](C)O.O=P(O)(O)O. The Balaban J connectivity index is 0.0000101. The lowest BCUT2D eigenvalue weighted by atomic mass is 9.96. The number of carboxylic acid groups (broad SMARTS) is 4. The summed E-state index contributed by atoms with van der Waals surface area (Å²) in [5.41, 5.74) is 22.7. The fraction of sp³-hybridized carbons (Fsp3) is 0.514. The van der Waals surface area contributed by atoms with E-state index >= 15 is 0 Å². The van der Waals surface area contributed by atoms with E-state index in [1.807, 2.05) is 0 Å². The Labute approximate surface area is 708 Å². The zero-order chi connectivity index (χ0) is 94.1. The zero-order valence-electron chi connectivity index (χ0n) is 67.7. The van der Waals surface area contributed by atoms with Gasteiger partial charge in [-0.15, -0.1) is 0 Å². The van der Waals surface area contributed by atoms with Crippen molar-refractivity contribution in [2.45, 2.75) is 209 Å². The number of nitrogens with one attached hydrogen (secondary N) is 15. The second kappa shape index (κ2) is 53.6. The molecule has 1 unspecified atom stereocenters. The molecular weight excluding hydrogens is 1690 g/mol. The van der Waals surface area contributed by atoms with E-state index in [9.17, 15) is 127 Å². The molecule has 0 bridgehead atoms. The number of amides is 11. The van der Waals surface area contributed by atoms with E-state index in [4.69, 9.17) is 53.0 Å². The molecule has 0 saturated carbocycles. The van der Waals surface area contributed by atoms with E-state index in [1.54, 1.807) is 6.92 Å². The zero-order valence-corrected chi connectivity index (χ0v) is 69.5. The van der Waals surface area contributed by atoms with Crippen molar-refractivity contribution in [2.24, 2.45) is 28.9 Å². The van der Waals surface area contributed by atoms with Crippen molar-refractivity contribution in [1.29, 1.82) is 10.8 Å². The molecule has 0 spiro atoms. The van der Waals surface area contributed by atoms with Crippen LogP contribution in [0.1, 0.15) is 121 Å². The highest BCUT2D eigenvalue weighted by Gasteiger charge is 2.40. The molecular formula is C72H111N19O31P2. The first kappa shape index (κ1) is 108. The third-order valence-corrected chi connectivity index (χ3v) is 18.5. The van der Waals surface area contributed by atoms with Gasteiger partial charge < -0.3 is 152 Å². The molecule has 0 aliphatic heterocycles. The lowest BCUT2D eigenvalue weighted by Gasteiger charge is -2.30. The minimum atomic E-state index is -5.16. The Morgan fingerprint density at radius 1 is 0.411 bits per heavy atom. The van der Waals surface area contributed by atoms with Crippen molar-refractivity contribution in [3.63, 3.8) is 0 Å². The summed E-state index contributed by atoms with van der Waals surface area (Å²) < 4.78 is 25.2. The van der Waals surface area contributed by atoms with Crippen LogP contribution in [0.3, 0.4) is 0 Å². The number of hydrogen-bond acceptors (Lipinski definition) is 26. The maximum Gasteiger partial charge on any atom is 0.524 e. The number of phosphoric ester groups is 1. The number of aliphatic hydroxyl groups is 2. The molecule has 3 rings (SSSR count). The molecule has 0 aliphatic carbocycles. The Morgan fingerprint density at radius 2 is 0.726 bits per heavy atom. The summed E-state index contributed by atoms with van der Waals surface area (Å²) in [5, 5.41) is 127. The number of aliphatic hydroxyl groups excluding tert-OH is 2. The number of nitrogens with two attached hydrogens (primary N) is 4. The number of rotatable bonds is 54. The summed E-state index contributed by atoms with van der Waals surface area (Å²) in [6.45, 7) is 5.23. The van der Waals surface area contributed by atoms with Crippen LogP contribution in [0.4, 0.5) is 0 Å². The molecule has 0 fully saturated rings. The van der Waals surface area contributed by atoms with Gasteiger partial charge in [0, 0.05) is 38.8 Å². The maximum atomic E-state index is 14.9. The van der Waals surface area contributed by atoms with Crippen LogP contribution in [-0.2, 0) is 100 Å². The number of aliphatic carboxylic acids is 4. The van der Waals surface area contributed by atoms with Gasteiger partial charge in [0.25, 0.3) is 0 Å². The number of guanidine groups is 2. The van der Waals surface area contributed by atoms with E-state index in [1.165, 1.54) is 62.4 Å². The van der Waals surface area contributed by atoms with Gasteiger partial charge in [-0.2, -0.15) is 0 Å². The molecule has 690 valence electrons. The predicted molar refractivity (Wildman–Crippen MR) is 433 cm³/mol. The Hall–Kier alpha value is -12.2. The van der Waals surface area contributed by atoms with Gasteiger partial charge in [0.2, 0.25) is 65.0 Å². The number of phosphoric acid groups is 2. The summed E-state index contributed by atoms with van der Waals surface area (Å²) in [4.78, 5) is 248. The molecule has 15 atom stereocenters. The fourth-order valence-electron chi connectivity index (χ4n) is 11.3. The largest absolute Gasteiger partial charge is 0.524 e. The molecule has 3 aromatic carbocycles. The average molecular weight is 1800 g/mol. The first-order chi connectivity index (χ1) is 57.8. The number of phenolic OH excluding ortho intramolecular Hbond substituents is 2. The number of carbonyl (C=O) groups is 15. The second-order valence-electron chi connectivity index (χ2n) is 28.3. The monoisotopic (exact) mass is 1800 g/mol. The van der Waals surface area contributed by atoms with Crippen LogP contribution in [0.5, 0.6) is 17.2 Å². The van der Waals surface area contributed by atoms with Gasteiger partial charge in [-0.1, -0.05) is 56.7 Å². The van der Waals surface area contributed by atoms with Crippen LogP contribution >= 0.6 is 15.6 Å². The molecule has 52 heteroatoms. The molecule has 0 heterocycles. The van der Waals surface area contributed by atoms with Gasteiger partial charge in [-0.25, -0.2) is 13.9 Å². The number of aromatic hydroxyl groups is 2. The minimum absolute atomic E-state index is 0.0119. The number of unbranched alkanes of at least 4 members (excludes halogenated alkanes) is 1. The predicted octanol–water partition coefficient (Wildman–Crippen LogP) is -7.31. The lowest BCUT2D eigenvalue weighted by molar-refractivity contribution is -0.143. The number of carboxylic acids is 4. The maximum absolute atomic E-state index is 14.9. The topological polar surface area (TPSA) is 871 Å². The van der Waals surface area contributed by atoms with Crippen LogP contribution in [-0.4, -0.2) is 270 Å². The number of hydrogen-bond donors (Lipinski definition) is 32. The van der Waals surface area contributed by atoms with E-state index in [0.29, 0.717) is 6.42 Å². The highest BCUT2D eigenvalue weighted by Crippen LogP contribution is 2.37. The molecule has 0 radical (unpaired) electrons. The third kappa shape index (κ3) is 43.5. The fourth-order valence-corrected chi connectivity index (χ4v) is 11.7. The van der Waals surface area contributed by atoms with Crippen molar-refractivity contribution in [2.75, 3.05) is 19.6 Å². The van der Waals surface area contributed by atoms with E-state index in [0.717, 1.165) is 31.2 Å². The second-order valence-corrected chi connectivity index (χ2v) is 30.5. The molecule has 124 heavy (non-hydrogen) atoms. The van der Waals surface area contributed by atoms with Crippen LogP contribution in [0, 0.1) is 16.7 Å². The van der Waals surface area contributed by atoms with Crippen molar-refractivity contribution in [3.8, 4) is 17.2 Å². The molecule has 11 amide bonds. The number of phenols is 2. The molecule has 3 aromatic rings. The van der Waals surface area contributed by atoms with E-state index in [-0.39, 0.29) is 92.8 Å². The van der Waals surface area contributed by atoms with Crippen LogP contribution < -0.4 is 96.6 Å². The smallest absolute Gasteiger partial charge is 0.508 e. The first-order valence-electron chi connectivity index (χ1n) is 38.2. The Kier molecular flexibility index (Phi) is 46.6. The van der Waals surface area contributed by atoms with Gasteiger partial charge in [-0.05, 0) is 131 Å². The minimum Gasteiger partial charge on any atom is -0.508 e. The summed E-state index contributed by atoms with van der Waals surface area (Å²) >= 11 is 0. The van der Waals surface area contributed by atoms with Crippen LogP contribution in [0.25, 0.3) is 0 Å². The summed E-state index contributed by atoms with van der Waals surface area (Å²) in [5.74, 6) is -23.1. The standard InChI is InChI=1S/C72H108N19O27P.H3O4P/c1-5-35(2)57(90-66(109)52(34-55(100)101)87-60(103)45(12-9-29-80-72(77)78)83-67(110)56(74)36(3)92)68(111)88-50(32-40-17-23-43(24-18-40)118-119(115,116)117)63(106)82-46(25-26-53(96)97)61(104)91-58(37(4)93)69(112)89-51(33-54(98)99)65(108)86-49(31-39-15-21-42(95)22-16-39)64(107)85-48(30-38-13-19-41(94)20-14-38)62(105)81-44(11-8-28-79-71(75)76)59(102)84-47(70(113)114)10-6-7-27-73;1-5(2,3)4/h13-24,35-37,44-52,56-58,92-95H,5-12,25-34,73-74H2,1-4H3,(H,81,105)(H,82,106)(H,83,110)(H,84,102)(H,85,107)(H,86,108)(H,87,103)(H,88,111)(H,89,112)(H,90,109)(H,91,104)(H,96,97)(H,98,99)(H,100,101)(H,113,114)(H4,75,76,79)(H4,77,78,80)(H2,115,116,117);(H3,1,2,3,4)/t35?,36-,37-,44+,45+,46+,47+,48+,49+,50+,51+,52+,56+,57+,58+;/m1./s1. The van der Waals surface area contributed by atoms with Crippen molar-refractivity contribution in [3.05, 3.63) is 89.5 Å². The molecule has 50 nitrogen and oxygen atoms in total. The van der Waals surface area contributed by atoms with E-state index < -0.39 is 258 Å². The van der Waals surface area contributed by atoms with Crippen LogP contribution in [0.15, 0.2) is 72.8 Å². The van der Waals surface area contributed by atoms with Gasteiger partial charge in [0.15, 0.2) is 11.9 Å². The summed E-state index contributed by atoms with van der Waals surface area (Å²) in [6, 6.07) is -7.61. The molecule has 0 saturated heterocycles. The molecule has 0 aliphatic rings. The van der Waals surface area contributed by atoms with Crippen molar-refractivity contribution in [1.82, 2.24) is 69.1 Å². The Bertz CT molecular complexity index is 4230. The van der Waals surface area contributed by atoms with Gasteiger partial charge in [-0.3, -0.25) is 87.7 Å². The van der Waals surface area contributed by atoms with Gasteiger partial charge in [0.1, 0.15) is 89.8 Å².